The van der Waals surface area contributed by atoms with Gasteiger partial charge in [0.15, 0.2) is 16.6 Å². The van der Waals surface area contributed by atoms with Crippen LogP contribution in [-0.2, 0) is 9.53 Å². The van der Waals surface area contributed by atoms with Crippen molar-refractivity contribution in [3.63, 3.8) is 0 Å². The van der Waals surface area contributed by atoms with Crippen molar-refractivity contribution in [1.29, 1.82) is 0 Å². The Morgan fingerprint density at radius 3 is 2.67 bits per heavy atom. The molecule has 24 heavy (non-hydrogen) atoms. The molecule has 0 fully saturated rings. The molecule has 1 heterocycles. The van der Waals surface area contributed by atoms with E-state index >= 15 is 0 Å². The Labute approximate surface area is 146 Å². The number of hydrogen-bond acceptors (Lipinski definition) is 5. The van der Waals surface area contributed by atoms with Crippen LogP contribution in [0.3, 0.4) is 0 Å². The Morgan fingerprint density at radius 1 is 1.33 bits per heavy atom. The van der Waals surface area contributed by atoms with E-state index in [-0.39, 0.29) is 6.61 Å². The number of esters is 1. The highest BCUT2D eigenvalue weighted by molar-refractivity contribution is 7.80. The lowest BCUT2D eigenvalue weighted by Gasteiger charge is -2.30. The zero-order valence-corrected chi connectivity index (χ0v) is 14.7. The van der Waals surface area contributed by atoms with Crippen molar-refractivity contribution in [3.05, 3.63) is 47.7 Å². The number of hydrogen-bond donors (Lipinski definition) is 2. The molecule has 0 aromatic heterocycles. The third-order valence-electron chi connectivity index (χ3n) is 3.56. The van der Waals surface area contributed by atoms with Gasteiger partial charge in [0.1, 0.15) is 6.61 Å². The van der Waals surface area contributed by atoms with Gasteiger partial charge >= 0.3 is 5.97 Å². The topological polar surface area (TPSA) is 68.8 Å². The monoisotopic (exact) mass is 348 g/mol. The quantitative estimate of drug-likeness (QED) is 0.464. The molecule has 2 rings (SSSR count). The van der Waals surface area contributed by atoms with Crippen molar-refractivity contribution in [2.45, 2.75) is 13.0 Å². The van der Waals surface area contributed by atoms with Crippen molar-refractivity contribution in [3.8, 4) is 11.5 Å². The molecule has 1 aromatic carbocycles. The maximum absolute atomic E-state index is 12.4. The fourth-order valence-electron chi connectivity index (χ4n) is 2.46. The molecule has 7 heteroatoms. The van der Waals surface area contributed by atoms with Gasteiger partial charge in [-0.05, 0) is 36.8 Å². The van der Waals surface area contributed by atoms with E-state index in [0.717, 1.165) is 5.56 Å². The van der Waals surface area contributed by atoms with Crippen LogP contribution in [0.25, 0.3) is 0 Å². The lowest BCUT2D eigenvalue weighted by molar-refractivity contribution is -0.138. The van der Waals surface area contributed by atoms with Gasteiger partial charge in [-0.25, -0.2) is 4.79 Å². The molecule has 0 unspecified atom stereocenters. The minimum Gasteiger partial charge on any atom is -0.493 e. The van der Waals surface area contributed by atoms with Gasteiger partial charge in [-0.2, -0.15) is 0 Å². The first-order chi connectivity index (χ1) is 11.5. The number of nitrogens with one attached hydrogen (secondary N) is 2. The summed E-state index contributed by atoms with van der Waals surface area (Å²) in [6, 6.07) is 4.98. The number of rotatable bonds is 6. The van der Waals surface area contributed by atoms with E-state index in [0.29, 0.717) is 27.9 Å². The summed E-state index contributed by atoms with van der Waals surface area (Å²) in [6.07, 6.45) is 1.52. The molecule has 0 saturated heterocycles. The first kappa shape index (κ1) is 17.8. The number of carbonyl (C=O) groups is 1. The van der Waals surface area contributed by atoms with Crippen LogP contribution in [0.15, 0.2) is 42.1 Å². The number of ether oxygens (including phenoxy) is 3. The molecule has 2 N–H and O–H groups in total. The summed E-state index contributed by atoms with van der Waals surface area (Å²) in [7, 11) is 3.13. The molecule has 1 aliphatic heterocycles. The summed E-state index contributed by atoms with van der Waals surface area (Å²) >= 11 is 5.22. The lowest BCUT2D eigenvalue weighted by Crippen LogP contribution is -2.45. The molecule has 6 nitrogen and oxygen atoms in total. The average Bonchev–Trinajstić information content (AvgIpc) is 2.58. The highest BCUT2D eigenvalue weighted by Crippen LogP contribution is 2.34. The maximum Gasteiger partial charge on any atom is 0.338 e. The summed E-state index contributed by atoms with van der Waals surface area (Å²) in [5.74, 6) is 0.738. The third-order valence-corrected chi connectivity index (χ3v) is 3.78. The summed E-state index contributed by atoms with van der Waals surface area (Å²) in [5.41, 5.74) is 1.91. The van der Waals surface area contributed by atoms with Crippen LogP contribution in [-0.4, -0.2) is 31.9 Å². The molecular weight excluding hydrogens is 328 g/mol. The zero-order chi connectivity index (χ0) is 17.7. The Kier molecular flexibility index (Phi) is 5.81. The van der Waals surface area contributed by atoms with Gasteiger partial charge in [0.25, 0.3) is 0 Å². The second-order valence-electron chi connectivity index (χ2n) is 5.07. The zero-order valence-electron chi connectivity index (χ0n) is 13.8. The van der Waals surface area contributed by atoms with Crippen molar-refractivity contribution < 1.29 is 19.0 Å². The van der Waals surface area contributed by atoms with Crippen LogP contribution in [0.4, 0.5) is 0 Å². The van der Waals surface area contributed by atoms with Crippen molar-refractivity contribution >= 4 is 23.3 Å². The molecule has 1 aliphatic rings. The van der Waals surface area contributed by atoms with Gasteiger partial charge in [0, 0.05) is 5.70 Å². The van der Waals surface area contributed by atoms with Gasteiger partial charge in [-0.1, -0.05) is 18.7 Å². The number of allylic oxidation sites excluding steroid dienone is 1. The predicted octanol–water partition coefficient (Wildman–Crippen LogP) is 2.23. The maximum atomic E-state index is 12.4. The Bertz CT molecular complexity index is 700. The molecule has 0 saturated carbocycles. The standard InChI is InChI=1S/C17H20N2O4S/c1-5-8-23-16(20)14-10(2)18-17(24)19-15(14)11-6-7-12(21-3)13(9-11)22-4/h5-7,9,15H,1,8H2,2-4H3,(H2,18,19,24)/t15-/m0/s1. The summed E-state index contributed by atoms with van der Waals surface area (Å²) in [6.45, 7) is 5.47. The molecule has 0 aliphatic carbocycles. The minimum atomic E-state index is -0.448. The van der Waals surface area contributed by atoms with Crippen molar-refractivity contribution in [2.24, 2.45) is 0 Å². The van der Waals surface area contributed by atoms with Gasteiger partial charge in [-0.3, -0.25) is 0 Å². The minimum absolute atomic E-state index is 0.138. The average molecular weight is 348 g/mol. The van der Waals surface area contributed by atoms with Crippen LogP contribution < -0.4 is 20.1 Å². The first-order valence-corrected chi connectivity index (χ1v) is 7.70. The number of carbonyl (C=O) groups excluding carboxylic acids is 1. The molecule has 0 bridgehead atoms. The highest BCUT2D eigenvalue weighted by Gasteiger charge is 2.31. The van der Waals surface area contributed by atoms with Gasteiger partial charge in [0.05, 0.1) is 25.8 Å². The normalized spacial score (nSPS) is 16.8. The Hall–Kier alpha value is -2.54. The van der Waals surface area contributed by atoms with Gasteiger partial charge < -0.3 is 24.8 Å². The van der Waals surface area contributed by atoms with E-state index in [9.17, 15) is 4.79 Å². The molecule has 0 radical (unpaired) electrons. The van der Waals surface area contributed by atoms with Crippen LogP contribution in [0.2, 0.25) is 0 Å². The predicted molar refractivity (Wildman–Crippen MR) is 95.0 cm³/mol. The first-order valence-electron chi connectivity index (χ1n) is 7.30. The van der Waals surface area contributed by atoms with E-state index in [1.807, 2.05) is 6.07 Å². The number of methoxy groups -OCH3 is 2. The molecular formula is C17H20N2O4S. The van der Waals surface area contributed by atoms with Gasteiger partial charge in [0.2, 0.25) is 0 Å². The molecule has 1 atom stereocenters. The number of benzene rings is 1. The molecule has 0 spiro atoms. The Morgan fingerprint density at radius 2 is 2.04 bits per heavy atom. The van der Waals surface area contributed by atoms with Crippen LogP contribution >= 0.6 is 12.2 Å². The number of thiocarbonyl (C=S) groups is 1. The fraction of sp³-hybridized carbons (Fsp3) is 0.294. The van der Waals surface area contributed by atoms with E-state index < -0.39 is 12.0 Å². The third kappa shape index (κ3) is 3.68. The van der Waals surface area contributed by atoms with E-state index in [1.165, 1.54) is 6.08 Å². The van der Waals surface area contributed by atoms with E-state index in [4.69, 9.17) is 26.4 Å². The molecule has 1 aromatic rings. The van der Waals surface area contributed by atoms with Crippen molar-refractivity contribution in [2.75, 3.05) is 20.8 Å². The summed E-state index contributed by atoms with van der Waals surface area (Å²) < 4.78 is 15.8. The molecule has 0 amide bonds. The lowest BCUT2D eigenvalue weighted by atomic mass is 9.95. The fourth-order valence-corrected chi connectivity index (χ4v) is 2.73. The van der Waals surface area contributed by atoms with E-state index in [1.54, 1.807) is 33.3 Å². The second kappa shape index (κ2) is 7.83. The van der Waals surface area contributed by atoms with E-state index in [2.05, 4.69) is 17.2 Å². The van der Waals surface area contributed by atoms with Crippen LogP contribution in [0, 0.1) is 0 Å². The SMILES string of the molecule is C=CCOC(=O)C1=C(C)NC(=S)N[C@H]1c1ccc(OC)c(OC)c1. The van der Waals surface area contributed by atoms with Crippen molar-refractivity contribution in [1.82, 2.24) is 10.6 Å². The summed E-state index contributed by atoms with van der Waals surface area (Å²) in [5, 5.41) is 6.49. The molecule has 128 valence electrons. The Balaban J connectivity index is 2.44. The van der Waals surface area contributed by atoms with Crippen LogP contribution in [0.5, 0.6) is 11.5 Å². The summed E-state index contributed by atoms with van der Waals surface area (Å²) in [4.78, 5) is 12.4. The second-order valence-corrected chi connectivity index (χ2v) is 5.48. The van der Waals surface area contributed by atoms with Crippen LogP contribution in [0.1, 0.15) is 18.5 Å². The highest BCUT2D eigenvalue weighted by atomic mass is 32.1. The largest absolute Gasteiger partial charge is 0.493 e. The smallest absolute Gasteiger partial charge is 0.338 e. The van der Waals surface area contributed by atoms with Gasteiger partial charge in [-0.15, -0.1) is 0 Å².